The van der Waals surface area contributed by atoms with Crippen LogP contribution in [-0.2, 0) is 0 Å². The summed E-state index contributed by atoms with van der Waals surface area (Å²) in [6.07, 6.45) is 11.2. The van der Waals surface area contributed by atoms with Gasteiger partial charge in [0.25, 0.3) is 0 Å². The highest BCUT2D eigenvalue weighted by Gasteiger charge is 1.89. The van der Waals surface area contributed by atoms with Gasteiger partial charge in [0, 0.05) is 0 Å². The van der Waals surface area contributed by atoms with E-state index in [1.807, 2.05) is 0 Å². The number of unbranched alkanes of at least 4 members (excludes halogenated alkanes) is 7. The van der Waals surface area contributed by atoms with Crippen LogP contribution in [0.1, 0.15) is 58.3 Å². The van der Waals surface area contributed by atoms with Crippen LogP contribution in [0.15, 0.2) is 0 Å². The molecule has 0 saturated heterocycles. The SMILES string of the molecule is CCCCCCCCCCS.O. The van der Waals surface area contributed by atoms with E-state index in [1.165, 1.54) is 51.4 Å². The normalized spacial score (nSPS) is 9.50. The molecule has 76 valence electrons. The molecule has 0 rings (SSSR count). The Balaban J connectivity index is 0. The van der Waals surface area contributed by atoms with Crippen molar-refractivity contribution in [3.05, 3.63) is 0 Å². The summed E-state index contributed by atoms with van der Waals surface area (Å²) in [6, 6.07) is 0. The van der Waals surface area contributed by atoms with Gasteiger partial charge in [0.2, 0.25) is 0 Å². The van der Waals surface area contributed by atoms with Gasteiger partial charge in [0.05, 0.1) is 0 Å². The van der Waals surface area contributed by atoms with Gasteiger partial charge in [-0.3, -0.25) is 0 Å². The van der Waals surface area contributed by atoms with E-state index in [1.54, 1.807) is 0 Å². The summed E-state index contributed by atoms with van der Waals surface area (Å²) in [6.45, 7) is 2.26. The maximum atomic E-state index is 4.18. The average molecular weight is 192 g/mol. The summed E-state index contributed by atoms with van der Waals surface area (Å²) in [5.74, 6) is 1.06. The molecule has 0 aliphatic rings. The first-order valence-electron chi connectivity index (χ1n) is 5.02. The van der Waals surface area contributed by atoms with E-state index in [0.717, 1.165) is 5.75 Å². The zero-order valence-electron chi connectivity index (χ0n) is 8.31. The monoisotopic (exact) mass is 192 g/mol. The number of thiol groups is 1. The van der Waals surface area contributed by atoms with Crippen molar-refractivity contribution in [3.8, 4) is 0 Å². The molecule has 2 heteroatoms. The fourth-order valence-electron chi connectivity index (χ4n) is 1.25. The Morgan fingerprint density at radius 3 is 1.58 bits per heavy atom. The van der Waals surface area contributed by atoms with Crippen LogP contribution in [0.25, 0.3) is 0 Å². The Labute approximate surface area is 82.7 Å². The van der Waals surface area contributed by atoms with E-state index in [0.29, 0.717) is 0 Å². The zero-order chi connectivity index (χ0) is 8.36. The summed E-state index contributed by atoms with van der Waals surface area (Å²) < 4.78 is 0. The van der Waals surface area contributed by atoms with Crippen LogP contribution in [-0.4, -0.2) is 11.2 Å². The Morgan fingerprint density at radius 1 is 0.750 bits per heavy atom. The van der Waals surface area contributed by atoms with Crippen molar-refractivity contribution in [3.63, 3.8) is 0 Å². The molecule has 2 N–H and O–H groups in total. The van der Waals surface area contributed by atoms with Gasteiger partial charge < -0.3 is 5.48 Å². The van der Waals surface area contributed by atoms with Crippen LogP contribution in [0.5, 0.6) is 0 Å². The highest BCUT2D eigenvalue weighted by Crippen LogP contribution is 2.08. The molecule has 12 heavy (non-hydrogen) atoms. The molecule has 0 amide bonds. The summed E-state index contributed by atoms with van der Waals surface area (Å²) in [5.41, 5.74) is 0. The fourth-order valence-corrected chi connectivity index (χ4v) is 1.47. The van der Waals surface area contributed by atoms with Gasteiger partial charge in [0.1, 0.15) is 0 Å². The molecule has 0 unspecified atom stereocenters. The Hall–Kier alpha value is 0.310. The number of hydrogen-bond acceptors (Lipinski definition) is 1. The smallest absolute Gasteiger partial charge is 0.00979 e. The van der Waals surface area contributed by atoms with Crippen LogP contribution in [0, 0.1) is 0 Å². The predicted molar refractivity (Wildman–Crippen MR) is 60.1 cm³/mol. The highest BCUT2D eigenvalue weighted by atomic mass is 32.1. The summed E-state index contributed by atoms with van der Waals surface area (Å²) >= 11 is 4.18. The molecule has 0 spiro atoms. The van der Waals surface area contributed by atoms with E-state index >= 15 is 0 Å². The van der Waals surface area contributed by atoms with Crippen molar-refractivity contribution >= 4 is 12.6 Å². The molecule has 0 heterocycles. The Kier molecular flexibility index (Phi) is 17.1. The van der Waals surface area contributed by atoms with Crippen molar-refractivity contribution < 1.29 is 5.48 Å². The van der Waals surface area contributed by atoms with E-state index in [2.05, 4.69) is 19.6 Å². The molecule has 0 fully saturated rings. The molecular formula is C10H24OS. The van der Waals surface area contributed by atoms with Crippen molar-refractivity contribution in [2.75, 3.05) is 5.75 Å². The van der Waals surface area contributed by atoms with Gasteiger partial charge in [-0.15, -0.1) is 0 Å². The first kappa shape index (κ1) is 14.8. The quantitative estimate of drug-likeness (QED) is 0.452. The van der Waals surface area contributed by atoms with Crippen molar-refractivity contribution in [1.82, 2.24) is 0 Å². The van der Waals surface area contributed by atoms with Crippen molar-refractivity contribution in [2.45, 2.75) is 58.3 Å². The molecule has 0 aliphatic carbocycles. The molecule has 0 radical (unpaired) electrons. The minimum absolute atomic E-state index is 0. The predicted octanol–water partition coefficient (Wildman–Crippen LogP) is 3.23. The van der Waals surface area contributed by atoms with E-state index in [4.69, 9.17) is 0 Å². The lowest BCUT2D eigenvalue weighted by Crippen LogP contribution is -1.80. The fraction of sp³-hybridized carbons (Fsp3) is 1.00. The summed E-state index contributed by atoms with van der Waals surface area (Å²) in [5, 5.41) is 0. The average Bonchev–Trinajstić information content (AvgIpc) is 2.03. The molecule has 0 aromatic carbocycles. The van der Waals surface area contributed by atoms with Gasteiger partial charge in [-0.1, -0.05) is 51.9 Å². The third kappa shape index (κ3) is 12.9. The molecular weight excluding hydrogens is 168 g/mol. The third-order valence-corrected chi connectivity index (χ3v) is 2.33. The summed E-state index contributed by atoms with van der Waals surface area (Å²) in [7, 11) is 0. The van der Waals surface area contributed by atoms with Gasteiger partial charge >= 0.3 is 0 Å². The maximum absolute atomic E-state index is 4.18. The molecule has 0 aromatic rings. The van der Waals surface area contributed by atoms with Gasteiger partial charge in [-0.05, 0) is 12.2 Å². The lowest BCUT2D eigenvalue weighted by atomic mass is 10.1. The van der Waals surface area contributed by atoms with Crippen LogP contribution in [0.4, 0.5) is 0 Å². The van der Waals surface area contributed by atoms with Gasteiger partial charge in [-0.2, -0.15) is 12.6 Å². The lowest BCUT2D eigenvalue weighted by Gasteiger charge is -1.98. The van der Waals surface area contributed by atoms with E-state index in [-0.39, 0.29) is 5.48 Å². The molecule has 0 aromatic heterocycles. The first-order chi connectivity index (χ1) is 5.41. The van der Waals surface area contributed by atoms with Crippen LogP contribution in [0.3, 0.4) is 0 Å². The van der Waals surface area contributed by atoms with E-state index < -0.39 is 0 Å². The second-order valence-electron chi connectivity index (χ2n) is 3.20. The third-order valence-electron chi connectivity index (χ3n) is 2.01. The Bertz CT molecular complexity index is 58.9. The second kappa shape index (κ2) is 13.9. The lowest BCUT2D eigenvalue weighted by molar-refractivity contribution is 0.586. The molecule has 0 bridgehead atoms. The number of rotatable bonds is 8. The molecule has 0 atom stereocenters. The second-order valence-corrected chi connectivity index (χ2v) is 3.65. The zero-order valence-corrected chi connectivity index (χ0v) is 9.21. The number of hydrogen-bond donors (Lipinski definition) is 1. The van der Waals surface area contributed by atoms with Gasteiger partial charge in [0.15, 0.2) is 0 Å². The summed E-state index contributed by atoms with van der Waals surface area (Å²) in [4.78, 5) is 0. The first-order valence-corrected chi connectivity index (χ1v) is 5.66. The van der Waals surface area contributed by atoms with Crippen LogP contribution < -0.4 is 0 Å². The molecule has 1 nitrogen and oxygen atoms in total. The standard InChI is InChI=1S/C10H22S.H2O/c1-2-3-4-5-6-7-8-9-10-11;/h11H,2-10H2,1H3;1H2. The molecule has 0 aliphatic heterocycles. The largest absolute Gasteiger partial charge is 0.412 e. The van der Waals surface area contributed by atoms with Crippen molar-refractivity contribution in [1.29, 1.82) is 0 Å². The molecule has 0 saturated carbocycles. The van der Waals surface area contributed by atoms with Gasteiger partial charge in [-0.25, -0.2) is 0 Å². The van der Waals surface area contributed by atoms with E-state index in [9.17, 15) is 0 Å². The maximum Gasteiger partial charge on any atom is -0.00979 e. The highest BCUT2D eigenvalue weighted by molar-refractivity contribution is 7.80. The topological polar surface area (TPSA) is 31.5 Å². The Morgan fingerprint density at radius 2 is 1.17 bits per heavy atom. The minimum Gasteiger partial charge on any atom is -0.412 e. The minimum atomic E-state index is 0. The van der Waals surface area contributed by atoms with Crippen LogP contribution in [0.2, 0.25) is 0 Å². The van der Waals surface area contributed by atoms with Crippen LogP contribution >= 0.6 is 12.6 Å². The van der Waals surface area contributed by atoms with Crippen molar-refractivity contribution in [2.24, 2.45) is 0 Å².